The average Bonchev–Trinajstić information content (AvgIpc) is 2.75. The van der Waals surface area contributed by atoms with E-state index >= 15 is 0 Å². The Morgan fingerprint density at radius 3 is 2.41 bits per heavy atom. The fourth-order valence-corrected chi connectivity index (χ4v) is 3.20. The van der Waals surface area contributed by atoms with Gasteiger partial charge in [0.2, 0.25) is 0 Å². The van der Waals surface area contributed by atoms with Gasteiger partial charge in [0, 0.05) is 16.7 Å². The number of carbonyl (C=O) groups excluding carboxylic acids is 3. The molecule has 0 saturated carbocycles. The molecule has 0 aliphatic heterocycles. The number of nitrogens with two attached hydrogens (primary N) is 1. The van der Waals surface area contributed by atoms with Crippen LogP contribution in [-0.2, 0) is 6.42 Å². The smallest absolute Gasteiger partial charge is 0.332 e. The number of aryl methyl sites for hydroxylation is 2. The molecule has 168 valence electrons. The van der Waals surface area contributed by atoms with Gasteiger partial charge in [0.1, 0.15) is 5.75 Å². The van der Waals surface area contributed by atoms with Crippen molar-refractivity contribution in [1.29, 1.82) is 0 Å². The molecular formula is C23H27N5O4. The Balaban J connectivity index is 2.43. The number of benzene rings is 2. The quantitative estimate of drug-likeness (QED) is 0.455. The molecular weight excluding hydrogens is 410 g/mol. The molecule has 2 aromatic rings. The lowest BCUT2D eigenvalue weighted by atomic mass is 10.0. The zero-order valence-electron chi connectivity index (χ0n) is 18.6. The molecule has 2 rings (SSSR count). The molecule has 0 fully saturated rings. The third-order valence-corrected chi connectivity index (χ3v) is 4.51. The van der Waals surface area contributed by atoms with E-state index in [2.05, 4.69) is 17.1 Å². The standard InChI is InChI=1S/C23H27N5O4/c1-6-18-19(8-7-9-20(18)32-5)21(29)27-28(16(4)13-25-26-23(24)31)22(30)17-11-14(2)10-15(3)12-17/h7-13H,4,6H2,1-3,5H3,(H,27,29)(H3,24,26,31)/b25-13+. The molecule has 0 aliphatic carbocycles. The van der Waals surface area contributed by atoms with Gasteiger partial charge in [-0.15, -0.1) is 0 Å². The zero-order valence-corrected chi connectivity index (χ0v) is 18.6. The second kappa shape index (κ2) is 10.8. The van der Waals surface area contributed by atoms with Gasteiger partial charge in [0.15, 0.2) is 0 Å². The van der Waals surface area contributed by atoms with Gasteiger partial charge in [-0.05, 0) is 44.5 Å². The average molecular weight is 438 g/mol. The van der Waals surface area contributed by atoms with E-state index in [9.17, 15) is 14.4 Å². The van der Waals surface area contributed by atoms with Crippen LogP contribution < -0.4 is 21.3 Å². The van der Waals surface area contributed by atoms with Gasteiger partial charge in [-0.3, -0.25) is 15.0 Å². The monoisotopic (exact) mass is 437 g/mol. The van der Waals surface area contributed by atoms with E-state index in [1.54, 1.807) is 30.3 Å². The highest BCUT2D eigenvalue weighted by atomic mass is 16.5. The van der Waals surface area contributed by atoms with Crippen LogP contribution in [0.5, 0.6) is 5.75 Å². The van der Waals surface area contributed by atoms with E-state index in [1.165, 1.54) is 7.11 Å². The van der Waals surface area contributed by atoms with Crippen LogP contribution in [0.3, 0.4) is 0 Å². The van der Waals surface area contributed by atoms with Crippen molar-refractivity contribution in [2.24, 2.45) is 10.8 Å². The number of urea groups is 1. The number of hydrogen-bond acceptors (Lipinski definition) is 5. The Labute approximate surface area is 186 Å². The molecule has 0 atom stereocenters. The number of hydrazone groups is 1. The Morgan fingerprint density at radius 2 is 1.84 bits per heavy atom. The first kappa shape index (κ1) is 24.1. The number of carbonyl (C=O) groups is 3. The first-order valence-electron chi connectivity index (χ1n) is 9.85. The first-order chi connectivity index (χ1) is 15.2. The minimum absolute atomic E-state index is 0.0113. The van der Waals surface area contributed by atoms with Crippen molar-refractivity contribution in [2.45, 2.75) is 27.2 Å². The summed E-state index contributed by atoms with van der Waals surface area (Å²) in [6.45, 7) is 9.42. The minimum Gasteiger partial charge on any atom is -0.496 e. The van der Waals surface area contributed by atoms with Crippen LogP contribution in [-0.4, -0.2) is 36.2 Å². The number of ether oxygens (including phenoxy) is 1. The number of nitrogens with zero attached hydrogens (tertiary/aromatic N) is 2. The van der Waals surface area contributed by atoms with Crippen molar-refractivity contribution in [3.8, 4) is 5.75 Å². The SMILES string of the molecule is C=C(/C=N/NC(N)=O)N(NC(=O)c1cccc(OC)c1CC)C(=O)c1cc(C)cc(C)c1. The number of primary amides is 1. The molecule has 9 nitrogen and oxygen atoms in total. The van der Waals surface area contributed by atoms with Crippen LogP contribution >= 0.6 is 0 Å². The van der Waals surface area contributed by atoms with Crippen LogP contribution in [0, 0.1) is 13.8 Å². The number of allylic oxidation sites excluding steroid dienone is 1. The van der Waals surface area contributed by atoms with Crippen LogP contribution in [0.2, 0.25) is 0 Å². The fourth-order valence-electron chi connectivity index (χ4n) is 3.20. The van der Waals surface area contributed by atoms with Gasteiger partial charge in [-0.25, -0.2) is 15.2 Å². The van der Waals surface area contributed by atoms with Crippen molar-refractivity contribution in [3.05, 3.63) is 76.5 Å². The summed E-state index contributed by atoms with van der Waals surface area (Å²) in [6.07, 6.45) is 1.65. The van der Waals surface area contributed by atoms with Gasteiger partial charge in [-0.1, -0.05) is 36.8 Å². The van der Waals surface area contributed by atoms with E-state index in [0.717, 1.165) is 22.4 Å². The maximum absolute atomic E-state index is 13.3. The molecule has 0 aliphatic rings. The number of nitrogens with one attached hydrogen (secondary N) is 2. The van der Waals surface area contributed by atoms with Crippen LogP contribution in [0.25, 0.3) is 0 Å². The topological polar surface area (TPSA) is 126 Å². The zero-order chi connectivity index (χ0) is 23.8. The van der Waals surface area contributed by atoms with Gasteiger partial charge < -0.3 is 10.5 Å². The fraction of sp³-hybridized carbons (Fsp3) is 0.217. The summed E-state index contributed by atoms with van der Waals surface area (Å²) in [5.74, 6) is -0.490. The van der Waals surface area contributed by atoms with Crippen molar-refractivity contribution < 1.29 is 19.1 Å². The summed E-state index contributed by atoms with van der Waals surface area (Å²) >= 11 is 0. The van der Waals surface area contributed by atoms with Crippen LogP contribution in [0.15, 0.2) is 53.8 Å². The van der Waals surface area contributed by atoms with Gasteiger partial charge in [0.05, 0.1) is 19.0 Å². The molecule has 0 spiro atoms. The van der Waals surface area contributed by atoms with E-state index in [1.807, 2.05) is 32.3 Å². The van der Waals surface area contributed by atoms with Crippen LogP contribution in [0.1, 0.15) is 44.3 Å². The molecule has 4 N–H and O–H groups in total. The summed E-state index contributed by atoms with van der Waals surface area (Å²) in [7, 11) is 1.52. The summed E-state index contributed by atoms with van der Waals surface area (Å²) in [5, 5.41) is 4.60. The molecule has 4 amide bonds. The van der Waals surface area contributed by atoms with E-state index in [-0.39, 0.29) is 5.70 Å². The largest absolute Gasteiger partial charge is 0.496 e. The summed E-state index contributed by atoms with van der Waals surface area (Å²) in [6, 6.07) is 9.53. The van der Waals surface area contributed by atoms with Crippen molar-refractivity contribution in [2.75, 3.05) is 7.11 Å². The minimum atomic E-state index is -0.880. The highest BCUT2D eigenvalue weighted by molar-refractivity contribution is 6.03. The predicted octanol–water partition coefficient (Wildman–Crippen LogP) is 2.83. The highest BCUT2D eigenvalue weighted by Gasteiger charge is 2.23. The first-order valence-corrected chi connectivity index (χ1v) is 9.85. The molecule has 0 unspecified atom stereocenters. The third kappa shape index (κ3) is 5.94. The third-order valence-electron chi connectivity index (χ3n) is 4.51. The van der Waals surface area contributed by atoms with E-state index in [4.69, 9.17) is 10.5 Å². The van der Waals surface area contributed by atoms with Crippen molar-refractivity contribution in [1.82, 2.24) is 15.9 Å². The number of amides is 4. The summed E-state index contributed by atoms with van der Waals surface area (Å²) < 4.78 is 5.35. The predicted molar refractivity (Wildman–Crippen MR) is 122 cm³/mol. The highest BCUT2D eigenvalue weighted by Crippen LogP contribution is 2.23. The Morgan fingerprint density at radius 1 is 1.19 bits per heavy atom. The van der Waals surface area contributed by atoms with E-state index < -0.39 is 17.8 Å². The lowest BCUT2D eigenvalue weighted by Gasteiger charge is -2.24. The lowest BCUT2D eigenvalue weighted by Crippen LogP contribution is -2.46. The Bertz CT molecular complexity index is 1060. The summed E-state index contributed by atoms with van der Waals surface area (Å²) in [5.41, 5.74) is 12.8. The molecule has 0 aromatic heterocycles. The van der Waals surface area contributed by atoms with Gasteiger partial charge in [-0.2, -0.15) is 5.10 Å². The number of hydrazine groups is 1. The lowest BCUT2D eigenvalue weighted by molar-refractivity contribution is 0.0662. The molecule has 0 radical (unpaired) electrons. The number of methoxy groups -OCH3 is 1. The summed E-state index contributed by atoms with van der Waals surface area (Å²) in [4.78, 5) is 37.3. The maximum atomic E-state index is 13.3. The van der Waals surface area contributed by atoms with Crippen molar-refractivity contribution in [3.63, 3.8) is 0 Å². The second-order valence-electron chi connectivity index (χ2n) is 7.02. The normalized spacial score (nSPS) is 10.5. The van der Waals surface area contributed by atoms with Gasteiger partial charge >= 0.3 is 6.03 Å². The maximum Gasteiger partial charge on any atom is 0.332 e. The molecule has 32 heavy (non-hydrogen) atoms. The Hall–Kier alpha value is -4.14. The number of hydrogen-bond donors (Lipinski definition) is 3. The molecule has 9 heteroatoms. The van der Waals surface area contributed by atoms with Crippen molar-refractivity contribution >= 4 is 24.1 Å². The molecule has 2 aromatic carbocycles. The number of rotatable bonds is 7. The van der Waals surface area contributed by atoms with Crippen LogP contribution in [0.4, 0.5) is 4.79 Å². The molecule has 0 heterocycles. The second-order valence-corrected chi connectivity index (χ2v) is 7.02. The Kier molecular flexibility index (Phi) is 8.11. The van der Waals surface area contributed by atoms with E-state index in [0.29, 0.717) is 28.9 Å². The molecule has 0 bridgehead atoms. The van der Waals surface area contributed by atoms with Gasteiger partial charge in [0.25, 0.3) is 11.8 Å². The molecule has 0 saturated heterocycles.